The molecule has 3 heterocycles. The van der Waals surface area contributed by atoms with Gasteiger partial charge in [0, 0.05) is 23.6 Å². The number of carbonyl (C=O) groups is 3. The van der Waals surface area contributed by atoms with Crippen molar-refractivity contribution in [2.75, 3.05) is 31.6 Å². The van der Waals surface area contributed by atoms with Gasteiger partial charge in [0.05, 0.1) is 31.2 Å². The molecule has 0 saturated carbocycles. The van der Waals surface area contributed by atoms with Gasteiger partial charge in [-0.15, -0.1) is 0 Å². The number of aliphatic hydroxyl groups excluding tert-OH is 1. The number of halogens is 1. The van der Waals surface area contributed by atoms with Crippen molar-refractivity contribution in [1.29, 1.82) is 0 Å². The quantitative estimate of drug-likeness (QED) is 0.286. The number of nitrogens with one attached hydrogen (secondary N) is 2. The molecule has 1 aromatic rings. The van der Waals surface area contributed by atoms with Crippen molar-refractivity contribution in [2.45, 2.75) is 62.1 Å². The molecule has 9 nitrogen and oxygen atoms in total. The summed E-state index contributed by atoms with van der Waals surface area (Å²) >= 11 is 3.64. The van der Waals surface area contributed by atoms with Crippen LogP contribution in [-0.2, 0) is 19.1 Å². The van der Waals surface area contributed by atoms with E-state index in [-0.39, 0.29) is 35.7 Å². The molecule has 6 atom stereocenters. The van der Waals surface area contributed by atoms with Gasteiger partial charge in [0.2, 0.25) is 17.7 Å². The van der Waals surface area contributed by atoms with Crippen molar-refractivity contribution in [1.82, 2.24) is 10.2 Å². The molecule has 3 aliphatic rings. The first-order valence-corrected chi connectivity index (χ1v) is 13.3. The second-order valence-electron chi connectivity index (χ2n) is 9.36. The minimum atomic E-state index is -1.11. The first kappa shape index (κ1) is 25.9. The molecule has 1 spiro atoms. The van der Waals surface area contributed by atoms with Crippen LogP contribution in [0.25, 0.3) is 0 Å². The highest BCUT2D eigenvalue weighted by Crippen LogP contribution is 2.60. The summed E-state index contributed by atoms with van der Waals surface area (Å²) in [5.74, 6) is -1.78. The van der Waals surface area contributed by atoms with Crippen LogP contribution in [-0.4, -0.2) is 76.6 Å². The van der Waals surface area contributed by atoms with Gasteiger partial charge in [0.25, 0.3) is 0 Å². The Hall–Kier alpha value is -2.17. The van der Waals surface area contributed by atoms with E-state index < -0.39 is 29.6 Å². The van der Waals surface area contributed by atoms with Crippen molar-refractivity contribution in [3.63, 3.8) is 0 Å². The number of nitrogens with zero attached hydrogens (tertiary/aromatic N) is 1. The lowest BCUT2D eigenvalue weighted by Crippen LogP contribution is -2.56. The molecule has 3 saturated heterocycles. The largest absolute Gasteiger partial charge is 0.494 e. The van der Waals surface area contributed by atoms with E-state index in [2.05, 4.69) is 33.5 Å². The maximum absolute atomic E-state index is 13.6. The van der Waals surface area contributed by atoms with Gasteiger partial charge in [-0.2, -0.15) is 0 Å². The smallest absolute Gasteiger partial charge is 0.245 e. The normalized spacial score (nSPS) is 30.9. The predicted molar refractivity (Wildman–Crippen MR) is 133 cm³/mol. The number of ether oxygens (including phenoxy) is 2. The molecule has 2 bridgehead atoms. The van der Waals surface area contributed by atoms with E-state index in [1.807, 2.05) is 6.92 Å². The van der Waals surface area contributed by atoms with Crippen molar-refractivity contribution < 1.29 is 29.0 Å². The number of β-amino-alcohol motifs (C(OH)–C–C–N with tert-alkyl or cyclic N) is 1. The van der Waals surface area contributed by atoms with E-state index in [4.69, 9.17) is 9.47 Å². The highest BCUT2D eigenvalue weighted by atomic mass is 79.9. The van der Waals surface area contributed by atoms with Crippen LogP contribution in [0.1, 0.15) is 39.5 Å². The van der Waals surface area contributed by atoms with E-state index in [0.29, 0.717) is 31.0 Å². The summed E-state index contributed by atoms with van der Waals surface area (Å²) in [6, 6.07) is 6.16. The third-order valence-electron chi connectivity index (χ3n) is 7.19. The van der Waals surface area contributed by atoms with Crippen molar-refractivity contribution >= 4 is 39.3 Å². The Morgan fingerprint density at radius 1 is 1.23 bits per heavy atom. The zero-order chi connectivity index (χ0) is 25.2. The van der Waals surface area contributed by atoms with Crippen LogP contribution in [0.2, 0.25) is 0 Å². The third kappa shape index (κ3) is 4.68. The molecule has 0 aliphatic carbocycles. The maximum Gasteiger partial charge on any atom is 0.245 e. The summed E-state index contributed by atoms with van der Waals surface area (Å²) in [6.07, 6.45) is 2.78. The Balaban J connectivity index is 1.57. The van der Waals surface area contributed by atoms with Gasteiger partial charge in [0.1, 0.15) is 17.4 Å². The SMILES string of the molecule is CCCCCNC(=O)C1N(CCO)C(=O)[C@@H]2[C@@H](C(=O)Nc3ccc(OCC)cc3)[C@@H]3OC12CC3Br. The number of benzene rings is 1. The third-order valence-corrected chi connectivity index (χ3v) is 8.04. The summed E-state index contributed by atoms with van der Waals surface area (Å²) in [5.41, 5.74) is -0.523. The number of alkyl halides is 1. The fraction of sp³-hybridized carbons (Fsp3) is 0.640. The van der Waals surface area contributed by atoms with E-state index in [1.54, 1.807) is 24.3 Å². The number of anilines is 1. The topological polar surface area (TPSA) is 117 Å². The predicted octanol–water partition coefficient (Wildman–Crippen LogP) is 2.07. The number of likely N-dealkylation sites (tertiary alicyclic amines) is 1. The first-order chi connectivity index (χ1) is 16.9. The molecule has 1 aromatic carbocycles. The van der Waals surface area contributed by atoms with Crippen LogP contribution in [0.3, 0.4) is 0 Å². The highest BCUT2D eigenvalue weighted by molar-refractivity contribution is 9.09. The molecule has 0 aromatic heterocycles. The molecule has 4 rings (SSSR count). The fourth-order valence-electron chi connectivity index (χ4n) is 5.79. The van der Waals surface area contributed by atoms with Crippen LogP contribution < -0.4 is 15.4 Å². The van der Waals surface area contributed by atoms with Crippen molar-refractivity contribution in [2.24, 2.45) is 11.8 Å². The molecular weight excluding hydrogens is 518 g/mol. The lowest BCUT2D eigenvalue weighted by Gasteiger charge is -2.34. The lowest BCUT2D eigenvalue weighted by molar-refractivity contribution is -0.141. The number of fused-ring (bicyclic) bond motifs is 1. The minimum Gasteiger partial charge on any atom is -0.494 e. The molecule has 35 heavy (non-hydrogen) atoms. The average Bonchev–Trinajstić information content (AvgIpc) is 3.42. The lowest BCUT2D eigenvalue weighted by atomic mass is 9.70. The molecule has 0 radical (unpaired) electrons. The van der Waals surface area contributed by atoms with Gasteiger partial charge in [-0.3, -0.25) is 14.4 Å². The number of carbonyl (C=O) groups excluding carboxylic acids is 3. The zero-order valence-corrected chi connectivity index (χ0v) is 21.8. The number of hydrogen-bond donors (Lipinski definition) is 3. The van der Waals surface area contributed by atoms with Gasteiger partial charge in [-0.05, 0) is 44.0 Å². The van der Waals surface area contributed by atoms with Gasteiger partial charge in [0.15, 0.2) is 0 Å². The minimum absolute atomic E-state index is 0.0122. The summed E-state index contributed by atoms with van der Waals surface area (Å²) in [7, 11) is 0. The summed E-state index contributed by atoms with van der Waals surface area (Å²) in [4.78, 5) is 41.6. The first-order valence-electron chi connectivity index (χ1n) is 12.4. The van der Waals surface area contributed by atoms with Crippen molar-refractivity contribution in [3.05, 3.63) is 24.3 Å². The van der Waals surface area contributed by atoms with Gasteiger partial charge < -0.3 is 30.1 Å². The molecular formula is C25H34BrN3O6. The Morgan fingerprint density at radius 3 is 2.63 bits per heavy atom. The average molecular weight is 552 g/mol. The van der Waals surface area contributed by atoms with E-state index >= 15 is 0 Å². The fourth-order valence-corrected chi connectivity index (χ4v) is 6.73. The second kappa shape index (κ2) is 10.8. The Morgan fingerprint density at radius 2 is 1.97 bits per heavy atom. The van der Waals surface area contributed by atoms with Crippen molar-refractivity contribution in [3.8, 4) is 5.75 Å². The summed E-state index contributed by atoms with van der Waals surface area (Å²) in [5, 5.41) is 15.5. The van der Waals surface area contributed by atoms with Crippen LogP contribution in [0.5, 0.6) is 5.75 Å². The van der Waals surface area contributed by atoms with Crippen LogP contribution in [0, 0.1) is 11.8 Å². The monoisotopic (exact) mass is 551 g/mol. The molecule has 3 unspecified atom stereocenters. The number of amides is 3. The molecule has 3 aliphatic heterocycles. The Kier molecular flexibility index (Phi) is 8.02. The second-order valence-corrected chi connectivity index (χ2v) is 10.5. The molecule has 192 valence electrons. The summed E-state index contributed by atoms with van der Waals surface area (Å²) in [6.45, 7) is 4.77. The number of rotatable bonds is 11. The van der Waals surface area contributed by atoms with Gasteiger partial charge >= 0.3 is 0 Å². The van der Waals surface area contributed by atoms with Gasteiger partial charge in [-0.25, -0.2) is 0 Å². The van der Waals surface area contributed by atoms with Crippen LogP contribution in [0.4, 0.5) is 5.69 Å². The van der Waals surface area contributed by atoms with Gasteiger partial charge in [-0.1, -0.05) is 35.7 Å². The zero-order valence-electron chi connectivity index (χ0n) is 20.2. The maximum atomic E-state index is 13.6. The molecule has 3 N–H and O–H groups in total. The number of hydrogen-bond acceptors (Lipinski definition) is 6. The molecule has 3 amide bonds. The summed E-state index contributed by atoms with van der Waals surface area (Å²) < 4.78 is 11.8. The van der Waals surface area contributed by atoms with E-state index in [9.17, 15) is 19.5 Å². The number of aliphatic hydroxyl groups is 1. The number of unbranched alkanes of at least 4 members (excludes halogenated alkanes) is 2. The van der Waals surface area contributed by atoms with Crippen LogP contribution in [0.15, 0.2) is 24.3 Å². The Bertz CT molecular complexity index is 944. The molecule has 10 heteroatoms. The standard InChI is InChI=1S/C25H34BrN3O6/c1-3-5-6-11-27-23(32)21-25-14-17(26)20(35-25)18(19(25)24(33)29(21)12-13-30)22(31)28-15-7-9-16(10-8-15)34-4-2/h7-10,17-21,30H,3-6,11-14H2,1-2H3,(H,27,32)(H,28,31)/t17?,18-,19+,20-,21?,25?/m1/s1. The van der Waals surface area contributed by atoms with E-state index in [0.717, 1.165) is 19.3 Å². The van der Waals surface area contributed by atoms with Crippen LogP contribution >= 0.6 is 15.9 Å². The molecule has 3 fully saturated rings. The van der Waals surface area contributed by atoms with E-state index in [1.165, 1.54) is 4.90 Å². The Labute approximate surface area is 214 Å². The highest BCUT2D eigenvalue weighted by Gasteiger charge is 2.76.